The van der Waals surface area contributed by atoms with Gasteiger partial charge in [0.15, 0.2) is 0 Å². The third-order valence-electron chi connectivity index (χ3n) is 6.04. The number of nitrogens with one attached hydrogen (secondary N) is 1. The molecular weight excluding hydrogens is 264 g/mol. The van der Waals surface area contributed by atoms with Crippen molar-refractivity contribution < 1.29 is 0 Å². The van der Waals surface area contributed by atoms with Crippen molar-refractivity contribution in [3.8, 4) is 0 Å². The molecule has 3 rings (SSSR count). The lowest BCUT2D eigenvalue weighted by molar-refractivity contribution is 0.0998. The fourth-order valence-corrected chi connectivity index (χ4v) is 5.91. The monoisotopic (exact) mass is 292 g/mol. The molecule has 20 heavy (non-hydrogen) atoms. The molecule has 1 heterocycles. The molecule has 2 nitrogen and oxygen atoms in total. The lowest BCUT2D eigenvalue weighted by atomic mass is 9.68. The summed E-state index contributed by atoms with van der Waals surface area (Å²) in [5.74, 6) is 0.899. The summed E-state index contributed by atoms with van der Waals surface area (Å²) >= 11 is 1.82. The van der Waals surface area contributed by atoms with Crippen LogP contribution < -0.4 is 5.32 Å². The van der Waals surface area contributed by atoms with E-state index in [9.17, 15) is 0 Å². The number of rotatable bonds is 3. The number of hydrogen-bond donors (Lipinski definition) is 1. The third-order valence-corrected chi connectivity index (χ3v) is 6.94. The number of nitrogens with zero attached hydrogens (tertiary/aromatic N) is 1. The van der Waals surface area contributed by atoms with Gasteiger partial charge >= 0.3 is 0 Å². The van der Waals surface area contributed by atoms with Gasteiger partial charge in [-0.2, -0.15) is 0 Å². The Hall–Kier alpha value is -0.410. The van der Waals surface area contributed by atoms with Crippen LogP contribution in [0, 0.1) is 30.6 Å². The molecule has 0 aliphatic heterocycles. The van der Waals surface area contributed by atoms with Gasteiger partial charge in [-0.3, -0.25) is 0 Å². The fraction of sp³-hybridized carbons (Fsp3) is 0.824. The normalized spacial score (nSPS) is 36.5. The topological polar surface area (TPSA) is 24.9 Å². The van der Waals surface area contributed by atoms with Crippen LogP contribution in [-0.2, 0) is 0 Å². The molecule has 2 saturated carbocycles. The molecule has 3 heteroatoms. The predicted octanol–water partition coefficient (Wildman–Crippen LogP) is 4.63. The third kappa shape index (κ3) is 2.05. The molecule has 4 atom stereocenters. The first-order chi connectivity index (χ1) is 9.24. The predicted molar refractivity (Wildman–Crippen MR) is 86.2 cm³/mol. The van der Waals surface area contributed by atoms with Gasteiger partial charge in [0.2, 0.25) is 0 Å². The maximum absolute atomic E-state index is 4.74. The minimum Gasteiger partial charge on any atom is -0.305 e. The Balaban J connectivity index is 1.82. The van der Waals surface area contributed by atoms with Crippen LogP contribution in [0.2, 0.25) is 0 Å². The van der Waals surface area contributed by atoms with Crippen molar-refractivity contribution in [2.75, 3.05) is 0 Å². The van der Waals surface area contributed by atoms with Crippen molar-refractivity contribution in [1.82, 2.24) is 10.3 Å². The van der Waals surface area contributed by atoms with Gasteiger partial charge in [0, 0.05) is 17.0 Å². The highest BCUT2D eigenvalue weighted by molar-refractivity contribution is 7.11. The highest BCUT2D eigenvalue weighted by Gasteiger charge is 2.59. The molecule has 0 spiro atoms. The molecule has 2 bridgehead atoms. The highest BCUT2D eigenvalue weighted by Crippen LogP contribution is 2.62. The van der Waals surface area contributed by atoms with Crippen molar-refractivity contribution in [2.24, 2.45) is 16.7 Å². The number of aryl methyl sites for hydroxylation is 2. The smallest absolute Gasteiger partial charge is 0.0900 e. The van der Waals surface area contributed by atoms with Crippen LogP contribution in [0.15, 0.2) is 0 Å². The van der Waals surface area contributed by atoms with Gasteiger partial charge in [0.1, 0.15) is 0 Å². The lowest BCUT2D eigenvalue weighted by Crippen LogP contribution is -2.51. The number of thiazole rings is 1. The fourth-order valence-electron chi connectivity index (χ4n) is 4.99. The SMILES string of the molecule is Cc1nc(C(C)NC2C3(C)CCC(C3)C2(C)C)c(C)s1. The molecule has 2 fully saturated rings. The zero-order valence-corrected chi connectivity index (χ0v) is 14.5. The molecule has 1 aromatic heterocycles. The van der Waals surface area contributed by atoms with E-state index >= 15 is 0 Å². The first-order valence-corrected chi connectivity index (χ1v) is 8.75. The molecule has 0 radical (unpaired) electrons. The largest absolute Gasteiger partial charge is 0.305 e. The number of fused-ring (bicyclic) bond motifs is 2. The van der Waals surface area contributed by atoms with Gasteiger partial charge in [-0.1, -0.05) is 20.8 Å². The highest BCUT2D eigenvalue weighted by atomic mass is 32.1. The Morgan fingerprint density at radius 3 is 2.50 bits per heavy atom. The summed E-state index contributed by atoms with van der Waals surface area (Å²) in [5.41, 5.74) is 2.16. The van der Waals surface area contributed by atoms with Crippen LogP contribution in [0.25, 0.3) is 0 Å². The second-order valence-electron chi connectivity index (χ2n) is 7.91. The van der Waals surface area contributed by atoms with Crippen LogP contribution in [0.5, 0.6) is 0 Å². The van der Waals surface area contributed by atoms with Crippen LogP contribution in [-0.4, -0.2) is 11.0 Å². The van der Waals surface area contributed by atoms with Crippen LogP contribution in [0.1, 0.15) is 68.6 Å². The minimum atomic E-state index is 0.361. The Kier molecular flexibility index (Phi) is 3.30. The first kappa shape index (κ1) is 14.5. The van der Waals surface area contributed by atoms with E-state index in [4.69, 9.17) is 4.98 Å². The van der Waals surface area contributed by atoms with Crippen LogP contribution in [0.4, 0.5) is 0 Å². The molecule has 1 aromatic rings. The van der Waals surface area contributed by atoms with Crippen LogP contribution >= 0.6 is 11.3 Å². The van der Waals surface area contributed by atoms with E-state index < -0.39 is 0 Å². The Morgan fingerprint density at radius 2 is 2.00 bits per heavy atom. The van der Waals surface area contributed by atoms with Crippen molar-refractivity contribution in [1.29, 1.82) is 0 Å². The molecule has 2 aliphatic carbocycles. The zero-order chi connectivity index (χ0) is 14.7. The number of aromatic nitrogens is 1. The molecular formula is C17H28N2S. The summed E-state index contributed by atoms with van der Waals surface area (Å²) in [4.78, 5) is 6.11. The van der Waals surface area contributed by atoms with Gasteiger partial charge in [-0.05, 0) is 56.8 Å². The van der Waals surface area contributed by atoms with Crippen molar-refractivity contribution in [3.63, 3.8) is 0 Å². The molecule has 1 N–H and O–H groups in total. The van der Waals surface area contributed by atoms with E-state index in [1.165, 1.54) is 34.8 Å². The van der Waals surface area contributed by atoms with Crippen molar-refractivity contribution in [3.05, 3.63) is 15.6 Å². The van der Waals surface area contributed by atoms with E-state index in [0.29, 0.717) is 22.9 Å². The molecule has 4 unspecified atom stereocenters. The van der Waals surface area contributed by atoms with Crippen molar-refractivity contribution >= 4 is 11.3 Å². The summed E-state index contributed by atoms with van der Waals surface area (Å²) in [5, 5.41) is 5.14. The molecule has 0 amide bonds. The lowest BCUT2D eigenvalue weighted by Gasteiger charge is -2.44. The van der Waals surface area contributed by atoms with E-state index in [1.54, 1.807) is 0 Å². The Labute approximate surface area is 127 Å². The van der Waals surface area contributed by atoms with E-state index in [2.05, 4.69) is 46.9 Å². The Bertz CT molecular complexity index is 514. The molecule has 2 aliphatic rings. The van der Waals surface area contributed by atoms with Crippen LogP contribution in [0.3, 0.4) is 0 Å². The van der Waals surface area contributed by atoms with Gasteiger partial charge in [-0.25, -0.2) is 4.98 Å². The van der Waals surface area contributed by atoms with Gasteiger partial charge < -0.3 is 5.32 Å². The molecule has 0 saturated heterocycles. The number of hydrogen-bond acceptors (Lipinski definition) is 3. The standard InChI is InChI=1S/C17H28N2S/c1-10(14-11(2)20-12(3)19-14)18-15-16(4,5)13-7-8-17(15,6)9-13/h10,13,15,18H,7-9H2,1-6H3. The first-order valence-electron chi connectivity index (χ1n) is 7.94. The van der Waals surface area contributed by atoms with Gasteiger partial charge in [-0.15, -0.1) is 11.3 Å². The minimum absolute atomic E-state index is 0.361. The van der Waals surface area contributed by atoms with Gasteiger partial charge in [0.25, 0.3) is 0 Å². The maximum Gasteiger partial charge on any atom is 0.0900 e. The molecule has 0 aromatic carbocycles. The Morgan fingerprint density at radius 1 is 1.30 bits per heavy atom. The van der Waals surface area contributed by atoms with E-state index in [1.807, 2.05) is 11.3 Å². The van der Waals surface area contributed by atoms with E-state index in [-0.39, 0.29) is 0 Å². The summed E-state index contributed by atoms with van der Waals surface area (Å²) in [6.07, 6.45) is 4.21. The average molecular weight is 292 g/mol. The maximum atomic E-state index is 4.74. The second kappa shape index (κ2) is 4.54. The average Bonchev–Trinajstić information content (AvgIpc) is 2.93. The summed E-state index contributed by atoms with van der Waals surface area (Å²) in [6, 6.07) is 0.977. The van der Waals surface area contributed by atoms with Gasteiger partial charge in [0.05, 0.1) is 10.7 Å². The van der Waals surface area contributed by atoms with Crippen molar-refractivity contribution in [2.45, 2.75) is 72.9 Å². The summed E-state index contributed by atoms with van der Waals surface area (Å²) < 4.78 is 0. The van der Waals surface area contributed by atoms with E-state index in [0.717, 1.165) is 5.92 Å². The summed E-state index contributed by atoms with van der Waals surface area (Å²) in [6.45, 7) is 14.0. The quantitative estimate of drug-likeness (QED) is 0.879. The zero-order valence-electron chi connectivity index (χ0n) is 13.7. The second-order valence-corrected chi connectivity index (χ2v) is 9.32. The summed E-state index contributed by atoms with van der Waals surface area (Å²) in [7, 11) is 0. The molecule has 112 valence electrons.